The summed E-state index contributed by atoms with van der Waals surface area (Å²) in [6.07, 6.45) is 2.77. The minimum atomic E-state index is -0.509. The van der Waals surface area contributed by atoms with Crippen LogP contribution in [0.1, 0.15) is 43.1 Å². The van der Waals surface area contributed by atoms with Crippen molar-refractivity contribution in [2.24, 2.45) is 0 Å². The number of nitro benzene ring substituents is 1. The number of likely N-dealkylation sites (tertiary alicyclic amines) is 1. The minimum Gasteiger partial charge on any atom is -0.327 e. The lowest BCUT2D eigenvalue weighted by molar-refractivity contribution is -0.384. The van der Waals surface area contributed by atoms with E-state index in [-0.39, 0.29) is 23.1 Å². The van der Waals surface area contributed by atoms with E-state index in [1.54, 1.807) is 11.8 Å². The summed E-state index contributed by atoms with van der Waals surface area (Å²) in [5.74, 6) is -0.317. The smallest absolute Gasteiger partial charge is 0.275 e. The molecule has 3 rings (SSSR count). The van der Waals surface area contributed by atoms with E-state index in [0.29, 0.717) is 30.3 Å². The minimum absolute atomic E-state index is 0.0360. The Morgan fingerprint density at radius 2 is 2.21 bits per heavy atom. The zero-order valence-corrected chi connectivity index (χ0v) is 13.3. The number of non-ortho nitro benzene ring substituents is 1. The summed E-state index contributed by atoms with van der Waals surface area (Å²) >= 11 is 0. The van der Waals surface area contributed by atoms with Crippen molar-refractivity contribution < 1.29 is 14.5 Å². The van der Waals surface area contributed by atoms with E-state index in [1.807, 2.05) is 0 Å². The number of hydrogen-bond acceptors (Lipinski definition) is 5. The molecule has 24 heavy (non-hydrogen) atoms. The second-order valence-electron chi connectivity index (χ2n) is 5.89. The van der Waals surface area contributed by atoms with Gasteiger partial charge in [-0.1, -0.05) is 6.92 Å². The van der Waals surface area contributed by atoms with Crippen molar-refractivity contribution in [1.29, 1.82) is 0 Å². The molecular weight excluding hydrogens is 312 g/mol. The molecule has 0 bridgehead atoms. The number of Topliss-reactive ketones (excluding diaryl/α,β-unsaturated/α-hetero) is 1. The van der Waals surface area contributed by atoms with Crippen LogP contribution in [0.4, 0.5) is 5.69 Å². The number of amides is 1. The van der Waals surface area contributed by atoms with Crippen molar-refractivity contribution in [2.75, 3.05) is 6.54 Å². The van der Waals surface area contributed by atoms with E-state index in [0.717, 1.165) is 12.8 Å². The Morgan fingerprint density at radius 1 is 1.42 bits per heavy atom. The van der Waals surface area contributed by atoms with Crippen molar-refractivity contribution in [1.82, 2.24) is 15.1 Å². The van der Waals surface area contributed by atoms with E-state index in [4.69, 9.17) is 0 Å². The summed E-state index contributed by atoms with van der Waals surface area (Å²) in [4.78, 5) is 37.1. The van der Waals surface area contributed by atoms with Gasteiger partial charge in [0.05, 0.1) is 16.5 Å². The lowest BCUT2D eigenvalue weighted by atomic mass is 9.96. The Morgan fingerprint density at radius 3 is 2.92 bits per heavy atom. The maximum Gasteiger partial charge on any atom is 0.275 e. The van der Waals surface area contributed by atoms with Gasteiger partial charge in [-0.2, -0.15) is 5.10 Å². The molecule has 1 aromatic heterocycles. The van der Waals surface area contributed by atoms with Gasteiger partial charge in [0.2, 0.25) is 0 Å². The fourth-order valence-corrected chi connectivity index (χ4v) is 3.16. The predicted molar refractivity (Wildman–Crippen MR) is 86.7 cm³/mol. The zero-order chi connectivity index (χ0) is 17.3. The fraction of sp³-hybridized carbons (Fsp3) is 0.438. The SMILES string of the molecule is CCC(=O)C1CCCCN1C(=O)c1n[nH]c2ccc([N+](=O)[O-])cc12. The van der Waals surface area contributed by atoms with Crippen LogP contribution < -0.4 is 0 Å². The molecule has 2 aromatic rings. The lowest BCUT2D eigenvalue weighted by Gasteiger charge is -2.34. The molecular formula is C16H18N4O4. The van der Waals surface area contributed by atoms with Gasteiger partial charge in [-0.3, -0.25) is 24.8 Å². The number of H-pyrrole nitrogens is 1. The van der Waals surface area contributed by atoms with E-state index in [1.165, 1.54) is 18.2 Å². The van der Waals surface area contributed by atoms with Crippen molar-refractivity contribution in [3.05, 3.63) is 34.0 Å². The molecule has 1 aliphatic rings. The van der Waals surface area contributed by atoms with Gasteiger partial charge in [0.15, 0.2) is 11.5 Å². The van der Waals surface area contributed by atoms with Crippen LogP contribution in [0.2, 0.25) is 0 Å². The maximum atomic E-state index is 12.9. The molecule has 1 N–H and O–H groups in total. The summed E-state index contributed by atoms with van der Waals surface area (Å²) in [7, 11) is 0. The first kappa shape index (κ1) is 16.1. The second kappa shape index (κ2) is 6.38. The molecule has 8 nitrogen and oxygen atoms in total. The molecule has 1 atom stereocenters. The van der Waals surface area contributed by atoms with Crippen LogP contribution in [-0.4, -0.2) is 44.3 Å². The van der Waals surface area contributed by atoms with Crippen LogP contribution in [0.3, 0.4) is 0 Å². The highest BCUT2D eigenvalue weighted by atomic mass is 16.6. The number of aromatic nitrogens is 2. The number of nitro groups is 1. The van der Waals surface area contributed by atoms with E-state index in [2.05, 4.69) is 10.2 Å². The quantitative estimate of drug-likeness (QED) is 0.684. The van der Waals surface area contributed by atoms with Crippen LogP contribution >= 0.6 is 0 Å². The van der Waals surface area contributed by atoms with Crippen LogP contribution in [0, 0.1) is 10.1 Å². The number of hydrogen-bond donors (Lipinski definition) is 1. The Kier molecular flexibility index (Phi) is 4.28. The predicted octanol–water partition coefficient (Wildman–Crippen LogP) is 2.44. The van der Waals surface area contributed by atoms with Gasteiger partial charge in [0.25, 0.3) is 11.6 Å². The Bertz CT molecular complexity index is 814. The number of carbonyl (C=O) groups is 2. The number of fused-ring (bicyclic) bond motifs is 1. The average molecular weight is 330 g/mol. The summed E-state index contributed by atoms with van der Waals surface area (Å²) in [5.41, 5.74) is 0.585. The summed E-state index contributed by atoms with van der Waals surface area (Å²) in [5, 5.41) is 18.1. The topological polar surface area (TPSA) is 109 Å². The molecule has 126 valence electrons. The van der Waals surface area contributed by atoms with E-state index >= 15 is 0 Å². The Balaban J connectivity index is 1.99. The summed E-state index contributed by atoms with van der Waals surface area (Å²) < 4.78 is 0. The Hall–Kier alpha value is -2.77. The highest BCUT2D eigenvalue weighted by molar-refractivity contribution is 6.06. The number of nitrogens with one attached hydrogen (secondary N) is 1. The maximum absolute atomic E-state index is 12.9. The fourth-order valence-electron chi connectivity index (χ4n) is 3.16. The van der Waals surface area contributed by atoms with Crippen LogP contribution in [0.5, 0.6) is 0 Å². The van der Waals surface area contributed by atoms with Crippen LogP contribution in [-0.2, 0) is 4.79 Å². The first-order valence-corrected chi connectivity index (χ1v) is 7.99. The average Bonchev–Trinajstić information content (AvgIpc) is 3.03. The lowest BCUT2D eigenvalue weighted by Crippen LogP contribution is -2.48. The monoisotopic (exact) mass is 330 g/mol. The number of piperidine rings is 1. The summed E-state index contributed by atoms with van der Waals surface area (Å²) in [6, 6.07) is 3.80. The van der Waals surface area contributed by atoms with E-state index < -0.39 is 11.0 Å². The molecule has 1 fully saturated rings. The van der Waals surface area contributed by atoms with Crippen molar-refractivity contribution in [3.63, 3.8) is 0 Å². The normalized spacial score (nSPS) is 17.9. The molecule has 1 amide bonds. The number of nitrogens with zero attached hydrogens (tertiary/aromatic N) is 3. The Labute approximate surface area is 138 Å². The molecule has 2 heterocycles. The third-order valence-electron chi connectivity index (χ3n) is 4.44. The van der Waals surface area contributed by atoms with E-state index in [9.17, 15) is 19.7 Å². The van der Waals surface area contributed by atoms with Crippen molar-refractivity contribution >= 4 is 28.3 Å². The molecule has 1 aliphatic heterocycles. The third kappa shape index (κ3) is 2.75. The molecule has 8 heteroatoms. The summed E-state index contributed by atoms with van der Waals surface area (Å²) in [6.45, 7) is 2.28. The van der Waals surface area contributed by atoms with Crippen LogP contribution in [0.15, 0.2) is 18.2 Å². The van der Waals surface area contributed by atoms with Crippen molar-refractivity contribution in [3.8, 4) is 0 Å². The van der Waals surface area contributed by atoms with Crippen molar-refractivity contribution in [2.45, 2.75) is 38.6 Å². The third-order valence-corrected chi connectivity index (χ3v) is 4.44. The standard InChI is InChI=1S/C16H18N4O4/c1-2-14(21)13-5-3-4-8-19(13)16(22)15-11-9-10(20(23)24)6-7-12(11)17-18-15/h6-7,9,13H,2-5,8H2,1H3,(H,17,18). The number of aromatic amines is 1. The molecule has 0 aliphatic carbocycles. The highest BCUT2D eigenvalue weighted by Gasteiger charge is 2.33. The van der Waals surface area contributed by atoms with Gasteiger partial charge in [-0.15, -0.1) is 0 Å². The number of benzene rings is 1. The number of ketones is 1. The largest absolute Gasteiger partial charge is 0.327 e. The molecule has 1 saturated heterocycles. The molecule has 1 aromatic carbocycles. The first-order chi connectivity index (χ1) is 11.5. The van der Waals surface area contributed by atoms with Gasteiger partial charge in [0.1, 0.15) is 0 Å². The molecule has 0 saturated carbocycles. The zero-order valence-electron chi connectivity index (χ0n) is 13.3. The van der Waals surface area contributed by atoms with Gasteiger partial charge in [0, 0.05) is 30.5 Å². The molecule has 0 spiro atoms. The van der Waals surface area contributed by atoms with Gasteiger partial charge in [-0.25, -0.2) is 0 Å². The van der Waals surface area contributed by atoms with Gasteiger partial charge in [-0.05, 0) is 25.3 Å². The number of carbonyl (C=O) groups excluding carboxylic acids is 2. The second-order valence-corrected chi connectivity index (χ2v) is 5.89. The van der Waals surface area contributed by atoms with Crippen LogP contribution in [0.25, 0.3) is 10.9 Å². The first-order valence-electron chi connectivity index (χ1n) is 7.99. The molecule has 0 radical (unpaired) electrons. The highest BCUT2D eigenvalue weighted by Crippen LogP contribution is 2.26. The molecule has 1 unspecified atom stereocenters. The number of rotatable bonds is 4. The van der Waals surface area contributed by atoms with Gasteiger partial charge >= 0.3 is 0 Å². The van der Waals surface area contributed by atoms with Gasteiger partial charge < -0.3 is 4.90 Å².